The minimum Gasteiger partial charge on any atom is -0.492 e. The maximum Gasteiger partial charge on any atom is 0.411 e. The van der Waals surface area contributed by atoms with Crippen molar-refractivity contribution in [3.63, 3.8) is 0 Å². The van der Waals surface area contributed by atoms with Gasteiger partial charge in [0.25, 0.3) is 0 Å². The molecular weight excluding hydrogens is 342 g/mol. The van der Waals surface area contributed by atoms with Crippen molar-refractivity contribution in [2.75, 3.05) is 19.0 Å². The highest BCUT2D eigenvalue weighted by Gasteiger charge is 2.19. The second-order valence-electron chi connectivity index (χ2n) is 4.34. The molecule has 21 heavy (non-hydrogen) atoms. The van der Waals surface area contributed by atoms with E-state index in [4.69, 9.17) is 14.2 Å². The molecule has 1 amide bonds. The molecule has 0 aliphatic carbocycles. The summed E-state index contributed by atoms with van der Waals surface area (Å²) in [5.41, 5.74) is 0.616. The molecule has 0 aromatic heterocycles. The topological polar surface area (TPSA) is 73.9 Å². The van der Waals surface area contributed by atoms with E-state index in [1.54, 1.807) is 26.8 Å². The van der Waals surface area contributed by atoms with Crippen LogP contribution in [0.3, 0.4) is 0 Å². The zero-order chi connectivity index (χ0) is 16.0. The van der Waals surface area contributed by atoms with Gasteiger partial charge in [-0.15, -0.1) is 0 Å². The third-order valence-electron chi connectivity index (χ3n) is 2.33. The summed E-state index contributed by atoms with van der Waals surface area (Å²) in [4.78, 5) is 23.4. The van der Waals surface area contributed by atoms with Crippen LogP contribution in [0.25, 0.3) is 0 Å². The lowest BCUT2D eigenvalue weighted by atomic mass is 10.1. The highest BCUT2D eigenvalue weighted by Crippen LogP contribution is 2.33. The van der Waals surface area contributed by atoms with Crippen molar-refractivity contribution in [1.82, 2.24) is 0 Å². The Morgan fingerprint density at radius 3 is 2.52 bits per heavy atom. The average molecular weight is 360 g/mol. The Morgan fingerprint density at radius 2 is 2.00 bits per heavy atom. The van der Waals surface area contributed by atoms with E-state index in [0.717, 1.165) is 0 Å². The molecule has 0 saturated heterocycles. The van der Waals surface area contributed by atoms with Crippen LogP contribution in [0.4, 0.5) is 10.5 Å². The lowest BCUT2D eigenvalue weighted by Crippen LogP contribution is -2.18. The smallest absolute Gasteiger partial charge is 0.411 e. The summed E-state index contributed by atoms with van der Waals surface area (Å²) in [6.45, 7) is 5.69. The van der Waals surface area contributed by atoms with Crippen LogP contribution in [-0.2, 0) is 9.47 Å². The van der Waals surface area contributed by atoms with Gasteiger partial charge in [0.15, 0.2) is 0 Å². The van der Waals surface area contributed by atoms with Gasteiger partial charge in [-0.25, -0.2) is 9.59 Å². The zero-order valence-corrected chi connectivity index (χ0v) is 13.9. The molecule has 0 bridgehead atoms. The van der Waals surface area contributed by atoms with Gasteiger partial charge in [-0.05, 0) is 48.8 Å². The molecule has 0 fully saturated rings. The predicted octanol–water partition coefficient (Wildman–Crippen LogP) is 3.59. The molecule has 0 radical (unpaired) electrons. The summed E-state index contributed by atoms with van der Waals surface area (Å²) in [5.74, 6) is -0.188. The number of rotatable bonds is 5. The van der Waals surface area contributed by atoms with Crippen LogP contribution in [0.2, 0.25) is 0 Å². The molecule has 116 valence electrons. The van der Waals surface area contributed by atoms with Crippen LogP contribution in [0.1, 0.15) is 31.1 Å². The van der Waals surface area contributed by atoms with Crippen molar-refractivity contribution in [3.05, 3.63) is 22.2 Å². The third kappa shape index (κ3) is 4.93. The number of methoxy groups -OCH3 is 1. The standard InChI is InChI=1S/C14H18BrNO5/c1-5-20-12-10(13(17)19-4)6-9(7-11(12)15)16-14(18)21-8(2)3/h6-8H,5H2,1-4H3,(H,16,18). The molecule has 0 aliphatic rings. The predicted molar refractivity (Wildman–Crippen MR) is 81.9 cm³/mol. The first kappa shape index (κ1) is 17.3. The number of halogens is 1. The SMILES string of the molecule is CCOc1c(Br)cc(NC(=O)OC(C)C)cc1C(=O)OC. The second-order valence-corrected chi connectivity index (χ2v) is 5.19. The first-order chi connectivity index (χ1) is 9.88. The normalized spacial score (nSPS) is 10.2. The number of esters is 1. The number of benzene rings is 1. The third-order valence-corrected chi connectivity index (χ3v) is 2.92. The van der Waals surface area contributed by atoms with Crippen molar-refractivity contribution in [1.29, 1.82) is 0 Å². The van der Waals surface area contributed by atoms with E-state index in [1.807, 2.05) is 0 Å². The Morgan fingerprint density at radius 1 is 1.33 bits per heavy atom. The molecule has 0 atom stereocenters. The molecule has 0 unspecified atom stereocenters. The van der Waals surface area contributed by atoms with E-state index in [-0.39, 0.29) is 11.7 Å². The number of carbonyl (C=O) groups excluding carboxylic acids is 2. The Labute approximate surface area is 131 Å². The van der Waals surface area contributed by atoms with E-state index >= 15 is 0 Å². The van der Waals surface area contributed by atoms with Gasteiger partial charge < -0.3 is 14.2 Å². The van der Waals surface area contributed by atoms with E-state index < -0.39 is 12.1 Å². The first-order valence-corrected chi connectivity index (χ1v) is 7.20. The van der Waals surface area contributed by atoms with Gasteiger partial charge in [-0.3, -0.25) is 5.32 Å². The van der Waals surface area contributed by atoms with Crippen LogP contribution in [0.15, 0.2) is 16.6 Å². The lowest BCUT2D eigenvalue weighted by Gasteiger charge is -2.14. The van der Waals surface area contributed by atoms with Crippen LogP contribution in [0, 0.1) is 0 Å². The maximum atomic E-state index is 11.8. The quantitative estimate of drug-likeness (QED) is 0.813. The first-order valence-electron chi connectivity index (χ1n) is 6.41. The van der Waals surface area contributed by atoms with E-state index in [1.165, 1.54) is 13.2 Å². The van der Waals surface area contributed by atoms with Gasteiger partial charge in [0, 0.05) is 5.69 Å². The van der Waals surface area contributed by atoms with Gasteiger partial charge in [0.2, 0.25) is 0 Å². The number of ether oxygens (including phenoxy) is 3. The summed E-state index contributed by atoms with van der Waals surface area (Å²) >= 11 is 3.31. The maximum absolute atomic E-state index is 11.8. The van der Waals surface area contributed by atoms with Crippen molar-refractivity contribution in [2.45, 2.75) is 26.9 Å². The molecule has 1 aromatic carbocycles. The van der Waals surface area contributed by atoms with Gasteiger partial charge in [0.1, 0.15) is 11.3 Å². The Bertz CT molecular complexity index is 530. The number of nitrogens with one attached hydrogen (secondary N) is 1. The summed E-state index contributed by atoms with van der Waals surface area (Å²) in [7, 11) is 1.28. The second kappa shape index (κ2) is 7.87. The summed E-state index contributed by atoms with van der Waals surface area (Å²) in [6, 6.07) is 3.10. The highest BCUT2D eigenvalue weighted by molar-refractivity contribution is 9.10. The molecule has 0 heterocycles. The zero-order valence-electron chi connectivity index (χ0n) is 12.4. The average Bonchev–Trinajstić information content (AvgIpc) is 2.39. The van der Waals surface area contributed by atoms with E-state index in [0.29, 0.717) is 22.5 Å². The van der Waals surface area contributed by atoms with Crippen LogP contribution >= 0.6 is 15.9 Å². The Balaban J connectivity index is 3.10. The fraction of sp³-hybridized carbons (Fsp3) is 0.429. The summed E-state index contributed by atoms with van der Waals surface area (Å²) in [6.07, 6.45) is -0.840. The fourth-order valence-corrected chi connectivity index (χ4v) is 2.15. The van der Waals surface area contributed by atoms with Gasteiger partial charge in [-0.1, -0.05) is 0 Å². The van der Waals surface area contributed by atoms with Gasteiger partial charge >= 0.3 is 12.1 Å². The fourth-order valence-electron chi connectivity index (χ4n) is 1.58. The summed E-state index contributed by atoms with van der Waals surface area (Å²) in [5, 5.41) is 2.55. The van der Waals surface area contributed by atoms with E-state index in [2.05, 4.69) is 21.2 Å². The number of anilines is 1. The van der Waals surface area contributed by atoms with E-state index in [9.17, 15) is 9.59 Å². The number of amides is 1. The van der Waals surface area contributed by atoms with Crippen molar-refractivity contribution in [2.24, 2.45) is 0 Å². The molecular formula is C14H18BrNO5. The molecule has 1 N–H and O–H groups in total. The van der Waals surface area contributed by atoms with Crippen LogP contribution in [0.5, 0.6) is 5.75 Å². The largest absolute Gasteiger partial charge is 0.492 e. The Hall–Kier alpha value is -1.76. The molecule has 1 rings (SSSR count). The number of hydrogen-bond donors (Lipinski definition) is 1. The van der Waals surface area contributed by atoms with Crippen molar-refractivity contribution >= 4 is 33.7 Å². The number of hydrogen-bond acceptors (Lipinski definition) is 5. The minimum absolute atomic E-state index is 0.216. The molecule has 6 nitrogen and oxygen atoms in total. The van der Waals surface area contributed by atoms with Crippen molar-refractivity contribution < 1.29 is 23.8 Å². The van der Waals surface area contributed by atoms with Gasteiger partial charge in [-0.2, -0.15) is 0 Å². The lowest BCUT2D eigenvalue weighted by molar-refractivity contribution is 0.0596. The molecule has 7 heteroatoms. The van der Waals surface area contributed by atoms with Gasteiger partial charge in [0.05, 0.1) is 24.3 Å². The molecule has 0 spiro atoms. The minimum atomic E-state index is -0.600. The molecule has 0 saturated carbocycles. The van der Waals surface area contributed by atoms with Crippen LogP contribution < -0.4 is 10.1 Å². The van der Waals surface area contributed by atoms with Crippen LogP contribution in [-0.4, -0.2) is 31.9 Å². The van der Waals surface area contributed by atoms with Crippen molar-refractivity contribution in [3.8, 4) is 5.75 Å². The highest BCUT2D eigenvalue weighted by atomic mass is 79.9. The summed E-state index contributed by atoms with van der Waals surface area (Å²) < 4.78 is 15.7. The molecule has 0 aliphatic heterocycles. The monoisotopic (exact) mass is 359 g/mol. The Kier molecular flexibility index (Phi) is 6.48. The number of carbonyl (C=O) groups is 2. The molecule has 1 aromatic rings.